The lowest BCUT2D eigenvalue weighted by atomic mass is 10.1. The Balaban J connectivity index is 2.18. The summed E-state index contributed by atoms with van der Waals surface area (Å²) in [6, 6.07) is 3.13. The normalized spacial score (nSPS) is 12.7. The van der Waals surface area contributed by atoms with Crippen molar-refractivity contribution in [2.75, 3.05) is 0 Å². The van der Waals surface area contributed by atoms with Crippen LogP contribution in [0.3, 0.4) is 0 Å². The fourth-order valence-electron chi connectivity index (χ4n) is 1.42. The van der Waals surface area contributed by atoms with E-state index >= 15 is 0 Å². The molecule has 17 heavy (non-hydrogen) atoms. The Morgan fingerprint density at radius 2 is 2.18 bits per heavy atom. The second kappa shape index (κ2) is 5.08. The molecule has 0 fully saturated rings. The minimum Gasteiger partial charge on any atom is -0.386 e. The Labute approximate surface area is 106 Å². The molecule has 6 heteroatoms. The Kier molecular flexibility index (Phi) is 3.71. The Morgan fingerprint density at radius 3 is 2.82 bits per heavy atom. The van der Waals surface area contributed by atoms with Crippen molar-refractivity contribution < 1.29 is 13.9 Å². The first-order valence-corrected chi connectivity index (χ1v) is 5.99. The van der Waals surface area contributed by atoms with Gasteiger partial charge in [0, 0.05) is 6.42 Å². The summed E-state index contributed by atoms with van der Waals surface area (Å²) < 4.78 is 26.7. The lowest BCUT2D eigenvalue weighted by Crippen LogP contribution is -2.03. The molecule has 2 rings (SSSR count). The number of aliphatic hydroxyl groups excluding tert-OH is 1. The SMILES string of the molecule is OC(Cc1cc(F)ccc1F)c1ncc(Cl)s1. The molecular weight excluding hydrogens is 268 g/mol. The second-order valence-corrected chi connectivity index (χ2v) is 5.15. The van der Waals surface area contributed by atoms with Crippen LogP contribution in [0.2, 0.25) is 4.34 Å². The topological polar surface area (TPSA) is 33.1 Å². The minimum atomic E-state index is -0.983. The molecule has 0 amide bonds. The molecular formula is C11H8ClF2NOS. The zero-order chi connectivity index (χ0) is 12.4. The first-order valence-electron chi connectivity index (χ1n) is 4.79. The fourth-order valence-corrected chi connectivity index (χ4v) is 2.33. The van der Waals surface area contributed by atoms with Crippen molar-refractivity contribution in [1.82, 2.24) is 4.98 Å². The Hall–Kier alpha value is -1.04. The molecule has 1 aromatic carbocycles. The summed E-state index contributed by atoms with van der Waals surface area (Å²) >= 11 is 6.79. The molecule has 0 saturated heterocycles. The zero-order valence-corrected chi connectivity index (χ0v) is 10.1. The van der Waals surface area contributed by atoms with Crippen LogP contribution in [-0.4, -0.2) is 10.1 Å². The monoisotopic (exact) mass is 275 g/mol. The van der Waals surface area contributed by atoms with Gasteiger partial charge in [0.25, 0.3) is 0 Å². The van der Waals surface area contributed by atoms with Gasteiger partial charge in [-0.1, -0.05) is 11.6 Å². The van der Waals surface area contributed by atoms with Gasteiger partial charge in [-0.05, 0) is 23.8 Å². The number of benzene rings is 1. The van der Waals surface area contributed by atoms with E-state index in [0.717, 1.165) is 29.5 Å². The van der Waals surface area contributed by atoms with Gasteiger partial charge in [-0.3, -0.25) is 0 Å². The summed E-state index contributed by atoms with van der Waals surface area (Å²) in [7, 11) is 0. The van der Waals surface area contributed by atoms with E-state index in [4.69, 9.17) is 11.6 Å². The van der Waals surface area contributed by atoms with E-state index in [-0.39, 0.29) is 12.0 Å². The van der Waals surface area contributed by atoms with Crippen LogP contribution in [0.5, 0.6) is 0 Å². The molecule has 1 N–H and O–H groups in total. The van der Waals surface area contributed by atoms with Crippen molar-refractivity contribution >= 4 is 22.9 Å². The molecule has 0 radical (unpaired) electrons. The summed E-state index contributed by atoms with van der Waals surface area (Å²) in [5.74, 6) is -1.08. The van der Waals surface area contributed by atoms with Gasteiger partial charge in [0.1, 0.15) is 27.1 Å². The van der Waals surface area contributed by atoms with Gasteiger partial charge < -0.3 is 5.11 Å². The number of aromatic nitrogens is 1. The number of thiazole rings is 1. The fraction of sp³-hybridized carbons (Fsp3) is 0.182. The van der Waals surface area contributed by atoms with E-state index in [1.165, 1.54) is 6.20 Å². The number of hydrogen-bond acceptors (Lipinski definition) is 3. The van der Waals surface area contributed by atoms with Crippen LogP contribution in [0, 0.1) is 11.6 Å². The van der Waals surface area contributed by atoms with Crippen LogP contribution < -0.4 is 0 Å². The summed E-state index contributed by atoms with van der Waals surface area (Å²) in [5.41, 5.74) is 0.115. The van der Waals surface area contributed by atoms with Crippen LogP contribution in [-0.2, 0) is 6.42 Å². The Bertz CT molecular complexity index is 532. The Morgan fingerprint density at radius 1 is 1.41 bits per heavy atom. The highest BCUT2D eigenvalue weighted by molar-refractivity contribution is 7.15. The summed E-state index contributed by atoms with van der Waals surface area (Å²) in [6.45, 7) is 0. The lowest BCUT2D eigenvalue weighted by Gasteiger charge is -2.08. The van der Waals surface area contributed by atoms with Crippen LogP contribution in [0.25, 0.3) is 0 Å². The standard InChI is InChI=1S/C11H8ClF2NOS/c12-10-5-15-11(17-10)9(16)4-6-3-7(13)1-2-8(6)14/h1-3,5,9,16H,4H2. The third-order valence-corrected chi connectivity index (χ3v) is 3.42. The van der Waals surface area contributed by atoms with E-state index in [9.17, 15) is 13.9 Å². The largest absolute Gasteiger partial charge is 0.386 e. The van der Waals surface area contributed by atoms with Crippen molar-refractivity contribution in [2.45, 2.75) is 12.5 Å². The molecule has 0 aliphatic rings. The third kappa shape index (κ3) is 3.00. The van der Waals surface area contributed by atoms with E-state index < -0.39 is 17.7 Å². The van der Waals surface area contributed by atoms with Gasteiger partial charge >= 0.3 is 0 Å². The summed E-state index contributed by atoms with van der Waals surface area (Å²) in [5, 5.41) is 10.2. The van der Waals surface area contributed by atoms with E-state index in [2.05, 4.69) is 4.98 Å². The maximum absolute atomic E-state index is 13.3. The molecule has 0 spiro atoms. The smallest absolute Gasteiger partial charge is 0.126 e. The molecule has 90 valence electrons. The van der Waals surface area contributed by atoms with Gasteiger partial charge in [-0.25, -0.2) is 13.8 Å². The van der Waals surface area contributed by atoms with Crippen molar-refractivity contribution in [1.29, 1.82) is 0 Å². The number of rotatable bonds is 3. The van der Waals surface area contributed by atoms with Crippen molar-refractivity contribution in [3.63, 3.8) is 0 Å². The highest BCUT2D eigenvalue weighted by Crippen LogP contribution is 2.27. The molecule has 1 atom stereocenters. The average molecular weight is 276 g/mol. The van der Waals surface area contributed by atoms with Crippen LogP contribution in [0.4, 0.5) is 8.78 Å². The highest BCUT2D eigenvalue weighted by atomic mass is 35.5. The molecule has 0 aliphatic heterocycles. The van der Waals surface area contributed by atoms with Gasteiger partial charge in [-0.2, -0.15) is 0 Å². The van der Waals surface area contributed by atoms with E-state index in [1.807, 2.05) is 0 Å². The molecule has 0 saturated carbocycles. The highest BCUT2D eigenvalue weighted by Gasteiger charge is 2.15. The van der Waals surface area contributed by atoms with E-state index in [1.54, 1.807) is 0 Å². The maximum atomic E-state index is 13.3. The third-order valence-electron chi connectivity index (χ3n) is 2.20. The van der Waals surface area contributed by atoms with Gasteiger partial charge in [0.2, 0.25) is 0 Å². The average Bonchev–Trinajstić information content (AvgIpc) is 2.70. The van der Waals surface area contributed by atoms with E-state index in [0.29, 0.717) is 9.34 Å². The number of hydrogen-bond donors (Lipinski definition) is 1. The number of halogens is 3. The number of aliphatic hydroxyl groups is 1. The van der Waals surface area contributed by atoms with Crippen molar-refractivity contribution in [3.8, 4) is 0 Å². The lowest BCUT2D eigenvalue weighted by molar-refractivity contribution is 0.176. The van der Waals surface area contributed by atoms with Crippen molar-refractivity contribution in [2.24, 2.45) is 0 Å². The molecule has 1 heterocycles. The summed E-state index contributed by atoms with van der Waals surface area (Å²) in [6.07, 6.45) is 0.393. The van der Waals surface area contributed by atoms with Gasteiger partial charge in [0.15, 0.2) is 0 Å². The van der Waals surface area contributed by atoms with Gasteiger partial charge in [0.05, 0.1) is 6.20 Å². The molecule has 2 nitrogen and oxygen atoms in total. The van der Waals surface area contributed by atoms with Gasteiger partial charge in [-0.15, -0.1) is 11.3 Å². The van der Waals surface area contributed by atoms with Crippen LogP contribution in [0.1, 0.15) is 16.7 Å². The molecule has 0 aliphatic carbocycles. The van der Waals surface area contributed by atoms with Crippen LogP contribution in [0.15, 0.2) is 24.4 Å². The minimum absolute atomic E-state index is 0.0343. The van der Waals surface area contributed by atoms with Crippen LogP contribution >= 0.6 is 22.9 Å². The zero-order valence-electron chi connectivity index (χ0n) is 8.53. The molecule has 2 aromatic rings. The number of nitrogens with zero attached hydrogens (tertiary/aromatic N) is 1. The first kappa shape index (κ1) is 12.4. The molecule has 1 aromatic heterocycles. The molecule has 1 unspecified atom stereocenters. The second-order valence-electron chi connectivity index (χ2n) is 3.46. The molecule has 0 bridgehead atoms. The summed E-state index contributed by atoms with van der Waals surface area (Å²) in [4.78, 5) is 3.88. The predicted octanol–water partition coefficient (Wildman–Crippen LogP) is 3.35. The van der Waals surface area contributed by atoms with Crippen molar-refractivity contribution in [3.05, 3.63) is 50.9 Å². The first-order chi connectivity index (χ1) is 8.06. The maximum Gasteiger partial charge on any atom is 0.126 e. The quantitative estimate of drug-likeness (QED) is 0.932. The predicted molar refractivity (Wildman–Crippen MR) is 62.1 cm³/mol.